The molecule has 0 aliphatic carbocycles. The predicted molar refractivity (Wildman–Crippen MR) is 102 cm³/mol. The first-order chi connectivity index (χ1) is 11.2. The third kappa shape index (κ3) is 5.28. The Hall–Kier alpha value is -0.950. The summed E-state index contributed by atoms with van der Waals surface area (Å²) in [7, 11) is -3.75. The minimum Gasteiger partial charge on any atom is -0.388 e. The lowest BCUT2D eigenvalue weighted by Crippen LogP contribution is -2.55. The van der Waals surface area contributed by atoms with Crippen LogP contribution >= 0.6 is 15.9 Å². The van der Waals surface area contributed by atoms with E-state index in [2.05, 4.69) is 33.8 Å². The largest absolute Gasteiger partial charge is 0.388 e. The molecule has 134 valence electrons. The smallest absolute Gasteiger partial charge is 0.240 e. The molecule has 6 heteroatoms. The Bertz CT molecular complexity index is 645. The Kier molecular flexibility index (Phi) is 7.86. The molecule has 2 atom stereocenters. The molecule has 0 heterocycles. The SMILES string of the molecule is C=CCC(O)(CC=C)[C@@H](NS(=O)(=O)c1ccc(Br)cc1)[C@@H](C)CC. The second-order valence-electron chi connectivity index (χ2n) is 6.03. The first-order valence-electron chi connectivity index (χ1n) is 7.92. The van der Waals surface area contributed by atoms with Gasteiger partial charge in [0.1, 0.15) is 0 Å². The summed E-state index contributed by atoms with van der Waals surface area (Å²) in [6.45, 7) is 11.3. The molecule has 4 nitrogen and oxygen atoms in total. The van der Waals surface area contributed by atoms with E-state index in [9.17, 15) is 13.5 Å². The molecule has 0 saturated carbocycles. The van der Waals surface area contributed by atoms with Crippen molar-refractivity contribution in [2.45, 2.75) is 49.6 Å². The lowest BCUT2D eigenvalue weighted by Gasteiger charge is -2.38. The van der Waals surface area contributed by atoms with Crippen LogP contribution in [0.5, 0.6) is 0 Å². The van der Waals surface area contributed by atoms with Gasteiger partial charge < -0.3 is 5.11 Å². The molecule has 0 radical (unpaired) electrons. The van der Waals surface area contributed by atoms with E-state index < -0.39 is 21.7 Å². The summed E-state index contributed by atoms with van der Waals surface area (Å²) in [5.74, 6) is -0.0554. The van der Waals surface area contributed by atoms with Crippen LogP contribution in [0.1, 0.15) is 33.1 Å². The van der Waals surface area contributed by atoms with Gasteiger partial charge >= 0.3 is 0 Å². The molecule has 0 bridgehead atoms. The molecule has 0 aliphatic rings. The predicted octanol–water partition coefficient (Wildman–Crippen LogP) is 4.03. The van der Waals surface area contributed by atoms with Crippen LogP contribution in [-0.2, 0) is 10.0 Å². The molecule has 1 aromatic carbocycles. The third-order valence-corrected chi connectivity index (χ3v) is 6.18. The van der Waals surface area contributed by atoms with Gasteiger partial charge in [-0.3, -0.25) is 0 Å². The maximum atomic E-state index is 12.7. The van der Waals surface area contributed by atoms with Crippen molar-refractivity contribution in [1.29, 1.82) is 0 Å². The van der Waals surface area contributed by atoms with Crippen LogP contribution in [0.2, 0.25) is 0 Å². The fourth-order valence-corrected chi connectivity index (χ4v) is 4.36. The van der Waals surface area contributed by atoms with Crippen molar-refractivity contribution in [3.8, 4) is 0 Å². The van der Waals surface area contributed by atoms with E-state index in [4.69, 9.17) is 0 Å². The normalized spacial score (nSPS) is 14.8. The van der Waals surface area contributed by atoms with E-state index in [-0.39, 0.29) is 23.7 Å². The fraction of sp³-hybridized carbons (Fsp3) is 0.444. The van der Waals surface area contributed by atoms with E-state index in [1.165, 1.54) is 12.1 Å². The Morgan fingerprint density at radius 3 is 2.17 bits per heavy atom. The van der Waals surface area contributed by atoms with Crippen molar-refractivity contribution >= 4 is 26.0 Å². The maximum absolute atomic E-state index is 12.7. The van der Waals surface area contributed by atoms with Crippen molar-refractivity contribution in [2.24, 2.45) is 5.92 Å². The highest BCUT2D eigenvalue weighted by Crippen LogP contribution is 2.29. The van der Waals surface area contributed by atoms with Gasteiger partial charge in [-0.05, 0) is 43.0 Å². The van der Waals surface area contributed by atoms with Gasteiger partial charge in [-0.2, -0.15) is 0 Å². The van der Waals surface area contributed by atoms with Crippen LogP contribution in [0.15, 0.2) is 58.9 Å². The molecule has 24 heavy (non-hydrogen) atoms. The van der Waals surface area contributed by atoms with Crippen molar-refractivity contribution in [3.63, 3.8) is 0 Å². The zero-order chi connectivity index (χ0) is 18.4. The summed E-state index contributed by atoms with van der Waals surface area (Å²) in [6.07, 6.45) is 4.48. The Labute approximate surface area is 153 Å². The van der Waals surface area contributed by atoms with Gasteiger partial charge in [-0.15, -0.1) is 13.2 Å². The number of sulfonamides is 1. The zero-order valence-corrected chi connectivity index (χ0v) is 16.6. The highest BCUT2D eigenvalue weighted by Gasteiger charge is 2.40. The first-order valence-corrected chi connectivity index (χ1v) is 10.2. The van der Waals surface area contributed by atoms with Crippen LogP contribution in [0.4, 0.5) is 0 Å². The van der Waals surface area contributed by atoms with Crippen LogP contribution in [0, 0.1) is 5.92 Å². The second kappa shape index (κ2) is 8.94. The number of aliphatic hydroxyl groups is 1. The monoisotopic (exact) mass is 415 g/mol. The van der Waals surface area contributed by atoms with Gasteiger partial charge in [0.05, 0.1) is 16.5 Å². The van der Waals surface area contributed by atoms with E-state index in [1.807, 2.05) is 13.8 Å². The minimum absolute atomic E-state index is 0.0554. The van der Waals surface area contributed by atoms with Gasteiger partial charge in [0, 0.05) is 4.47 Å². The summed E-state index contributed by atoms with van der Waals surface area (Å²) in [4.78, 5) is 0.165. The number of benzene rings is 1. The summed E-state index contributed by atoms with van der Waals surface area (Å²) >= 11 is 3.29. The standard InChI is InChI=1S/C18H26BrNO3S/c1-5-12-18(21,13-6-2)17(14(4)7-3)20-24(22,23)16-10-8-15(19)9-11-16/h5-6,8-11,14,17,20-21H,1-2,7,12-13H2,3-4H3/t14-,17-/m0/s1. The second-order valence-corrected chi connectivity index (χ2v) is 8.66. The number of rotatable bonds is 10. The average molecular weight is 416 g/mol. The van der Waals surface area contributed by atoms with Crippen molar-refractivity contribution < 1.29 is 13.5 Å². The van der Waals surface area contributed by atoms with Crippen LogP contribution in [0.3, 0.4) is 0 Å². The average Bonchev–Trinajstić information content (AvgIpc) is 2.53. The molecule has 0 aliphatic heterocycles. The summed E-state index contributed by atoms with van der Waals surface area (Å²) in [5, 5.41) is 11.0. The summed E-state index contributed by atoms with van der Waals surface area (Å²) in [6, 6.07) is 5.76. The summed E-state index contributed by atoms with van der Waals surface area (Å²) in [5.41, 5.74) is -1.26. The fourth-order valence-electron chi connectivity index (χ4n) is 2.68. The van der Waals surface area contributed by atoms with E-state index in [0.717, 1.165) is 10.9 Å². The number of nitrogens with one attached hydrogen (secondary N) is 1. The van der Waals surface area contributed by atoms with Gasteiger partial charge in [-0.1, -0.05) is 48.4 Å². The number of hydrogen-bond acceptors (Lipinski definition) is 3. The minimum atomic E-state index is -3.75. The van der Waals surface area contributed by atoms with Crippen LogP contribution in [-0.4, -0.2) is 25.2 Å². The molecule has 1 rings (SSSR count). The topological polar surface area (TPSA) is 66.4 Å². The number of halogens is 1. The van der Waals surface area contributed by atoms with Gasteiger partial charge in [-0.25, -0.2) is 13.1 Å². The maximum Gasteiger partial charge on any atom is 0.240 e. The van der Waals surface area contributed by atoms with Crippen molar-refractivity contribution in [3.05, 3.63) is 54.0 Å². The zero-order valence-electron chi connectivity index (χ0n) is 14.2. The van der Waals surface area contributed by atoms with E-state index in [1.54, 1.807) is 24.3 Å². The highest BCUT2D eigenvalue weighted by atomic mass is 79.9. The van der Waals surface area contributed by atoms with Gasteiger partial charge in [0.25, 0.3) is 0 Å². The highest BCUT2D eigenvalue weighted by molar-refractivity contribution is 9.10. The molecular formula is C18H26BrNO3S. The quantitative estimate of drug-likeness (QED) is 0.566. The van der Waals surface area contributed by atoms with Gasteiger partial charge in [0.15, 0.2) is 0 Å². The molecule has 1 aromatic rings. The molecule has 0 unspecified atom stereocenters. The molecule has 0 saturated heterocycles. The Morgan fingerprint density at radius 2 is 1.75 bits per heavy atom. The molecule has 0 spiro atoms. The van der Waals surface area contributed by atoms with Crippen LogP contribution in [0.25, 0.3) is 0 Å². The molecule has 2 N–H and O–H groups in total. The van der Waals surface area contributed by atoms with E-state index in [0.29, 0.717) is 0 Å². The third-order valence-electron chi connectivity index (χ3n) is 4.19. The molecule has 0 amide bonds. The van der Waals surface area contributed by atoms with E-state index >= 15 is 0 Å². The van der Waals surface area contributed by atoms with Crippen LogP contribution < -0.4 is 4.72 Å². The first kappa shape index (κ1) is 21.1. The molecule has 0 fully saturated rings. The Balaban J connectivity index is 3.23. The van der Waals surface area contributed by atoms with Crippen molar-refractivity contribution in [2.75, 3.05) is 0 Å². The molecule has 0 aromatic heterocycles. The van der Waals surface area contributed by atoms with Crippen molar-refractivity contribution in [1.82, 2.24) is 4.72 Å². The lowest BCUT2D eigenvalue weighted by atomic mass is 9.80. The van der Waals surface area contributed by atoms with Gasteiger partial charge in [0.2, 0.25) is 10.0 Å². The summed E-state index contributed by atoms with van der Waals surface area (Å²) < 4.78 is 29.0. The lowest BCUT2D eigenvalue weighted by molar-refractivity contribution is -0.00403. The molecular weight excluding hydrogens is 390 g/mol. The Morgan fingerprint density at radius 1 is 1.25 bits per heavy atom. The number of hydrogen-bond donors (Lipinski definition) is 2.